The first kappa shape index (κ1) is 10.9. The fourth-order valence-electron chi connectivity index (χ4n) is 1.81. The minimum atomic E-state index is -0.231. The first-order valence-electron chi connectivity index (χ1n) is 5.32. The van der Waals surface area contributed by atoms with Crippen LogP contribution in [0.15, 0.2) is 23.0 Å². The molecule has 0 saturated heterocycles. The smallest absolute Gasteiger partial charge is 0.306 e. The number of benzene rings is 1. The second kappa shape index (κ2) is 3.92. The van der Waals surface area contributed by atoms with Gasteiger partial charge in [-0.15, -0.1) is 11.3 Å². The minimum absolute atomic E-state index is 0.231. The number of carbonyl (C=O) groups is 1. The van der Waals surface area contributed by atoms with Gasteiger partial charge in [0.1, 0.15) is 5.01 Å². The van der Waals surface area contributed by atoms with Gasteiger partial charge in [0.15, 0.2) is 6.29 Å². The molecular weight excluding hydrogens is 250 g/mol. The van der Waals surface area contributed by atoms with Crippen molar-refractivity contribution in [3.8, 4) is 10.6 Å². The Morgan fingerprint density at radius 2 is 2.06 bits per heavy atom. The van der Waals surface area contributed by atoms with Crippen molar-refractivity contribution in [3.63, 3.8) is 0 Å². The molecule has 0 aliphatic rings. The molecule has 2 N–H and O–H groups in total. The lowest BCUT2D eigenvalue weighted by Crippen LogP contribution is -1.99. The number of nitrogens with one attached hydrogen (secondary N) is 2. The van der Waals surface area contributed by atoms with Crippen LogP contribution in [0.2, 0.25) is 0 Å². The van der Waals surface area contributed by atoms with Crippen LogP contribution in [-0.2, 0) is 0 Å². The Kier molecular flexibility index (Phi) is 2.38. The Morgan fingerprint density at radius 3 is 2.78 bits per heavy atom. The van der Waals surface area contributed by atoms with E-state index in [4.69, 9.17) is 0 Å². The van der Waals surface area contributed by atoms with Crippen LogP contribution in [0.25, 0.3) is 21.6 Å². The zero-order chi connectivity index (χ0) is 12.7. The molecule has 0 saturated carbocycles. The van der Waals surface area contributed by atoms with Crippen molar-refractivity contribution >= 4 is 28.7 Å². The summed E-state index contributed by atoms with van der Waals surface area (Å²) in [5, 5.41) is 0.776. The maximum Gasteiger partial charge on any atom is 0.323 e. The molecule has 0 fully saturated rings. The Balaban J connectivity index is 2.17. The summed E-state index contributed by atoms with van der Waals surface area (Å²) in [4.78, 5) is 32.3. The number of hydrogen-bond donors (Lipinski definition) is 2. The van der Waals surface area contributed by atoms with E-state index in [1.807, 2.05) is 18.2 Å². The van der Waals surface area contributed by atoms with Gasteiger partial charge in [-0.3, -0.25) is 4.79 Å². The molecule has 3 aromatic rings. The Hall–Kier alpha value is -2.21. The molecule has 0 aliphatic heterocycles. The van der Waals surface area contributed by atoms with E-state index in [2.05, 4.69) is 15.0 Å². The summed E-state index contributed by atoms with van der Waals surface area (Å²) in [6.45, 7) is 1.81. The van der Waals surface area contributed by atoms with Gasteiger partial charge < -0.3 is 9.97 Å². The molecule has 0 atom stereocenters. The topological polar surface area (TPSA) is 78.6 Å². The van der Waals surface area contributed by atoms with Gasteiger partial charge in [0.25, 0.3) is 0 Å². The molecule has 0 radical (unpaired) electrons. The molecule has 2 aromatic heterocycles. The summed E-state index contributed by atoms with van der Waals surface area (Å²) in [7, 11) is 0. The number of aromatic nitrogens is 3. The summed E-state index contributed by atoms with van der Waals surface area (Å²) in [6, 6.07) is 5.54. The number of aromatic amines is 2. The maximum atomic E-state index is 11.2. The molecule has 3 rings (SSSR count). The van der Waals surface area contributed by atoms with Crippen molar-refractivity contribution < 1.29 is 4.79 Å². The predicted molar refractivity (Wildman–Crippen MR) is 70.2 cm³/mol. The Morgan fingerprint density at radius 1 is 1.28 bits per heavy atom. The number of imidazole rings is 1. The van der Waals surface area contributed by atoms with Crippen LogP contribution >= 0.6 is 11.3 Å². The number of hydrogen-bond acceptors (Lipinski definition) is 4. The summed E-state index contributed by atoms with van der Waals surface area (Å²) in [5.74, 6) is 0. The molecule has 18 heavy (non-hydrogen) atoms. The van der Waals surface area contributed by atoms with Crippen LogP contribution in [0.1, 0.15) is 15.4 Å². The number of carbonyl (C=O) groups excluding carboxylic acids is 1. The largest absolute Gasteiger partial charge is 0.323 e. The first-order chi connectivity index (χ1) is 8.67. The van der Waals surface area contributed by atoms with Crippen LogP contribution in [-0.4, -0.2) is 21.2 Å². The number of aldehydes is 1. The van der Waals surface area contributed by atoms with E-state index in [9.17, 15) is 9.59 Å². The van der Waals surface area contributed by atoms with Crippen molar-refractivity contribution in [1.82, 2.24) is 15.0 Å². The highest BCUT2D eigenvalue weighted by Gasteiger charge is 2.09. The summed E-state index contributed by atoms with van der Waals surface area (Å²) in [5.41, 5.74) is 2.88. The zero-order valence-corrected chi connectivity index (χ0v) is 10.3. The van der Waals surface area contributed by atoms with Crippen LogP contribution in [0.3, 0.4) is 0 Å². The number of aryl methyl sites for hydroxylation is 1. The third-order valence-electron chi connectivity index (χ3n) is 2.70. The van der Waals surface area contributed by atoms with E-state index in [0.717, 1.165) is 33.6 Å². The average Bonchev–Trinajstić information content (AvgIpc) is 2.89. The number of H-pyrrole nitrogens is 2. The van der Waals surface area contributed by atoms with E-state index in [0.29, 0.717) is 4.88 Å². The highest BCUT2D eigenvalue weighted by molar-refractivity contribution is 7.16. The van der Waals surface area contributed by atoms with Crippen LogP contribution in [0, 0.1) is 6.92 Å². The van der Waals surface area contributed by atoms with E-state index in [-0.39, 0.29) is 5.69 Å². The van der Waals surface area contributed by atoms with Gasteiger partial charge in [-0.25, -0.2) is 9.78 Å². The summed E-state index contributed by atoms with van der Waals surface area (Å²) < 4.78 is 0. The molecule has 0 bridgehead atoms. The molecule has 6 heteroatoms. The SMILES string of the molecule is Cc1nc(-c2ccc3[nH]c(=O)[nH]c3c2)sc1C=O. The highest BCUT2D eigenvalue weighted by atomic mass is 32.1. The third kappa shape index (κ3) is 1.67. The van der Waals surface area contributed by atoms with Crippen LogP contribution in [0.4, 0.5) is 0 Å². The quantitative estimate of drug-likeness (QED) is 0.692. The van der Waals surface area contributed by atoms with E-state index >= 15 is 0 Å². The van der Waals surface area contributed by atoms with Gasteiger partial charge in [-0.1, -0.05) is 0 Å². The van der Waals surface area contributed by atoms with Gasteiger partial charge in [0, 0.05) is 5.56 Å². The second-order valence-electron chi connectivity index (χ2n) is 3.93. The fraction of sp³-hybridized carbons (Fsp3) is 0.0833. The fourth-order valence-corrected chi connectivity index (χ4v) is 2.68. The Bertz CT molecular complexity index is 797. The lowest BCUT2D eigenvalue weighted by Gasteiger charge is -1.95. The number of nitrogens with zero attached hydrogens (tertiary/aromatic N) is 1. The van der Waals surface area contributed by atoms with Crippen molar-refractivity contribution in [1.29, 1.82) is 0 Å². The molecule has 2 heterocycles. The highest BCUT2D eigenvalue weighted by Crippen LogP contribution is 2.28. The zero-order valence-electron chi connectivity index (χ0n) is 9.48. The molecule has 0 unspecified atom stereocenters. The van der Waals surface area contributed by atoms with E-state index < -0.39 is 0 Å². The average molecular weight is 259 g/mol. The number of fused-ring (bicyclic) bond motifs is 1. The molecule has 0 spiro atoms. The predicted octanol–water partition coefficient (Wildman–Crippen LogP) is 2.10. The maximum absolute atomic E-state index is 11.2. The van der Waals surface area contributed by atoms with Crippen molar-refractivity contribution in [2.45, 2.75) is 6.92 Å². The minimum Gasteiger partial charge on any atom is -0.306 e. The monoisotopic (exact) mass is 259 g/mol. The normalized spacial score (nSPS) is 10.9. The van der Waals surface area contributed by atoms with E-state index in [1.165, 1.54) is 11.3 Å². The first-order valence-corrected chi connectivity index (χ1v) is 6.14. The van der Waals surface area contributed by atoms with E-state index in [1.54, 1.807) is 6.92 Å². The number of rotatable bonds is 2. The summed E-state index contributed by atoms with van der Waals surface area (Å²) in [6.07, 6.45) is 0.813. The molecule has 1 aromatic carbocycles. The van der Waals surface area contributed by atoms with Gasteiger partial charge >= 0.3 is 5.69 Å². The molecule has 0 aliphatic carbocycles. The molecular formula is C12H9N3O2S. The van der Waals surface area contributed by atoms with Crippen molar-refractivity contribution in [2.75, 3.05) is 0 Å². The molecule has 0 amide bonds. The van der Waals surface area contributed by atoms with Gasteiger partial charge in [0.2, 0.25) is 0 Å². The third-order valence-corrected chi connectivity index (χ3v) is 3.83. The van der Waals surface area contributed by atoms with Gasteiger partial charge in [0.05, 0.1) is 21.6 Å². The lowest BCUT2D eigenvalue weighted by molar-refractivity contribution is 0.112. The number of thiazole rings is 1. The van der Waals surface area contributed by atoms with Gasteiger partial charge in [-0.05, 0) is 25.1 Å². The molecule has 90 valence electrons. The van der Waals surface area contributed by atoms with Crippen LogP contribution < -0.4 is 5.69 Å². The van der Waals surface area contributed by atoms with Crippen LogP contribution in [0.5, 0.6) is 0 Å². The van der Waals surface area contributed by atoms with Crippen molar-refractivity contribution in [2.24, 2.45) is 0 Å². The standard InChI is InChI=1S/C12H9N3O2S/c1-6-10(5-16)18-11(13-6)7-2-3-8-9(4-7)15-12(17)14-8/h2-5H,1H3,(H2,14,15,17). The molecule has 5 nitrogen and oxygen atoms in total. The van der Waals surface area contributed by atoms with Gasteiger partial charge in [-0.2, -0.15) is 0 Å². The van der Waals surface area contributed by atoms with Crippen molar-refractivity contribution in [3.05, 3.63) is 39.3 Å². The second-order valence-corrected chi connectivity index (χ2v) is 4.96. The summed E-state index contributed by atoms with van der Waals surface area (Å²) >= 11 is 1.35. The Labute approximate surface area is 106 Å². The lowest BCUT2D eigenvalue weighted by atomic mass is 10.2.